The molecule has 9 nitrogen and oxygen atoms in total. The maximum Gasteiger partial charge on any atom is 0.416 e. The third kappa shape index (κ3) is 5.59. The van der Waals surface area contributed by atoms with Crippen molar-refractivity contribution in [1.82, 2.24) is 14.9 Å². The number of ether oxygens (including phenoxy) is 1. The molecule has 236 valence electrons. The molecule has 1 saturated carbocycles. The van der Waals surface area contributed by atoms with Crippen LogP contribution in [0.25, 0.3) is 22.0 Å². The summed E-state index contributed by atoms with van der Waals surface area (Å²) in [7, 11) is 1.30. The zero-order valence-corrected chi connectivity index (χ0v) is 25.8. The Bertz CT molecular complexity index is 1890. The van der Waals surface area contributed by atoms with Crippen LogP contribution in [0.15, 0.2) is 65.8 Å². The molecule has 0 atom stereocenters. The van der Waals surface area contributed by atoms with Gasteiger partial charge in [-0.15, -0.1) is 0 Å². The van der Waals surface area contributed by atoms with Crippen LogP contribution in [0.4, 0.5) is 24.5 Å². The normalized spacial score (nSPS) is 15.9. The largest absolute Gasteiger partial charge is 0.476 e. The number of nitrogens with zero attached hydrogens (tertiary/aromatic N) is 4. The smallest absolute Gasteiger partial charge is 0.416 e. The highest BCUT2D eigenvalue weighted by atomic mass is 32.2. The summed E-state index contributed by atoms with van der Waals surface area (Å²) in [5, 5.41) is 0.846. The molecular weight excluding hydrogens is 607 g/mol. The van der Waals surface area contributed by atoms with Crippen molar-refractivity contribution in [3.05, 3.63) is 72.1 Å². The number of halogens is 3. The molecule has 45 heavy (non-hydrogen) atoms. The van der Waals surface area contributed by atoms with E-state index in [4.69, 9.17) is 4.74 Å². The predicted octanol–water partition coefficient (Wildman–Crippen LogP) is 5.85. The summed E-state index contributed by atoms with van der Waals surface area (Å²) in [6.45, 7) is 0.996. The molecule has 6 rings (SSSR count). The molecule has 3 heterocycles. The molecule has 0 bridgehead atoms. The Morgan fingerprint density at radius 3 is 2.40 bits per heavy atom. The standard InChI is InChI=1S/C32H32F3N5O4S/c1-39(2)14-5-15-44-29-26(38-45(42,43)23-9-7-22(8-10-23)32(33,34)35)17-21(18-37-29)20-6-11-25-24(16-20)28-27(19-36-25)40(3)30(41)31(28)12-4-13-31/h6-11,16-19,38H,4-5,12-15H2,1-3H3. The van der Waals surface area contributed by atoms with Crippen LogP contribution in [0.1, 0.15) is 36.8 Å². The van der Waals surface area contributed by atoms with Crippen molar-refractivity contribution >= 4 is 38.2 Å². The number of pyridine rings is 2. The minimum Gasteiger partial charge on any atom is -0.476 e. The van der Waals surface area contributed by atoms with E-state index in [1.165, 1.54) is 0 Å². The number of rotatable bonds is 9. The molecule has 1 N–H and O–H groups in total. The van der Waals surface area contributed by atoms with Crippen molar-refractivity contribution in [2.75, 3.05) is 43.9 Å². The maximum atomic E-state index is 13.3. The highest BCUT2D eigenvalue weighted by Gasteiger charge is 2.54. The Morgan fingerprint density at radius 1 is 1.02 bits per heavy atom. The van der Waals surface area contributed by atoms with E-state index in [-0.39, 0.29) is 29.0 Å². The zero-order valence-electron chi connectivity index (χ0n) is 25.0. The van der Waals surface area contributed by atoms with Crippen molar-refractivity contribution in [3.63, 3.8) is 0 Å². The monoisotopic (exact) mass is 639 g/mol. The third-order valence-corrected chi connectivity index (χ3v) is 9.90. The van der Waals surface area contributed by atoms with Crippen LogP contribution in [0.3, 0.4) is 0 Å². The Labute approximate surface area is 259 Å². The van der Waals surface area contributed by atoms with Crippen molar-refractivity contribution in [2.24, 2.45) is 0 Å². The Kier molecular flexibility index (Phi) is 7.72. The Balaban J connectivity index is 1.39. The lowest BCUT2D eigenvalue weighted by molar-refractivity contribution is -0.137. The minimum atomic E-state index is -4.60. The number of carbonyl (C=O) groups excluding carboxylic acids is 1. The number of hydrogen-bond donors (Lipinski definition) is 1. The van der Waals surface area contributed by atoms with Gasteiger partial charge in [0.15, 0.2) is 0 Å². The highest BCUT2D eigenvalue weighted by molar-refractivity contribution is 7.92. The van der Waals surface area contributed by atoms with Gasteiger partial charge in [-0.05, 0) is 81.4 Å². The Hall–Kier alpha value is -4.23. The number of fused-ring (bicyclic) bond motifs is 4. The van der Waals surface area contributed by atoms with Crippen molar-refractivity contribution in [1.29, 1.82) is 0 Å². The van der Waals surface area contributed by atoms with Crippen LogP contribution in [0.2, 0.25) is 0 Å². The number of nitrogens with one attached hydrogen (secondary N) is 1. The van der Waals surface area contributed by atoms with Crippen LogP contribution < -0.4 is 14.4 Å². The molecule has 0 radical (unpaired) electrons. The van der Waals surface area contributed by atoms with E-state index in [1.54, 1.807) is 30.4 Å². The summed E-state index contributed by atoms with van der Waals surface area (Å²) in [4.78, 5) is 25.6. The molecule has 1 spiro atoms. The maximum absolute atomic E-state index is 13.3. The first-order valence-electron chi connectivity index (χ1n) is 14.5. The lowest BCUT2D eigenvalue weighted by atomic mass is 9.64. The molecular formula is C32H32F3N5O4S. The minimum absolute atomic E-state index is 0.0389. The van der Waals surface area contributed by atoms with Gasteiger partial charge in [0.1, 0.15) is 5.69 Å². The molecule has 4 aromatic rings. The summed E-state index contributed by atoms with van der Waals surface area (Å²) in [5.74, 6) is 0.109. The van der Waals surface area contributed by atoms with Gasteiger partial charge in [-0.3, -0.25) is 14.5 Å². The van der Waals surface area contributed by atoms with Crippen LogP contribution in [0.5, 0.6) is 5.88 Å². The average molecular weight is 640 g/mol. The second kappa shape index (κ2) is 11.3. The van der Waals surface area contributed by atoms with E-state index in [9.17, 15) is 26.4 Å². The van der Waals surface area contributed by atoms with Gasteiger partial charge in [0, 0.05) is 36.3 Å². The van der Waals surface area contributed by atoms with Gasteiger partial charge in [-0.2, -0.15) is 13.2 Å². The molecule has 2 aliphatic rings. The second-order valence-corrected chi connectivity index (χ2v) is 13.4. The quantitative estimate of drug-likeness (QED) is 0.229. The van der Waals surface area contributed by atoms with Crippen LogP contribution in [-0.4, -0.2) is 63.5 Å². The number of hydrogen-bond acceptors (Lipinski definition) is 7. The topological polar surface area (TPSA) is 105 Å². The average Bonchev–Trinajstić information content (AvgIpc) is 3.22. The van der Waals surface area contributed by atoms with Gasteiger partial charge in [0.05, 0.1) is 39.9 Å². The number of benzene rings is 2. The van der Waals surface area contributed by atoms with E-state index >= 15 is 0 Å². The van der Waals surface area contributed by atoms with Crippen LogP contribution in [0, 0.1) is 0 Å². The fourth-order valence-electron chi connectivity index (χ4n) is 6.03. The van der Waals surface area contributed by atoms with Gasteiger partial charge in [-0.1, -0.05) is 12.5 Å². The summed E-state index contributed by atoms with van der Waals surface area (Å²) in [5.41, 5.74) is 2.30. The molecule has 2 aromatic carbocycles. The van der Waals surface area contributed by atoms with Gasteiger partial charge in [0.25, 0.3) is 10.0 Å². The summed E-state index contributed by atoms with van der Waals surface area (Å²) in [6, 6.07) is 10.5. The number of sulfonamides is 1. The summed E-state index contributed by atoms with van der Waals surface area (Å²) < 4.78 is 74.2. The molecule has 13 heteroatoms. The lowest BCUT2D eigenvalue weighted by Crippen LogP contribution is -2.43. The van der Waals surface area contributed by atoms with Crippen molar-refractivity contribution < 1.29 is 31.1 Å². The number of amides is 1. The van der Waals surface area contributed by atoms with E-state index in [2.05, 4.69) is 14.7 Å². The van der Waals surface area contributed by atoms with Crippen LogP contribution >= 0.6 is 0 Å². The van der Waals surface area contributed by atoms with Crippen molar-refractivity contribution in [2.45, 2.75) is 42.2 Å². The van der Waals surface area contributed by atoms with E-state index in [1.807, 2.05) is 37.2 Å². The predicted molar refractivity (Wildman–Crippen MR) is 165 cm³/mol. The first kappa shape index (κ1) is 30.8. The first-order valence-corrected chi connectivity index (χ1v) is 16.0. The SMILES string of the molecule is CN(C)CCCOc1ncc(-c2ccc3ncc4c(c3c2)C2(CCC2)C(=O)N4C)cc1NS(=O)(=O)c1ccc(C(F)(F)F)cc1. The summed E-state index contributed by atoms with van der Waals surface area (Å²) in [6.07, 6.45) is 1.86. The van der Waals surface area contributed by atoms with E-state index in [0.29, 0.717) is 12.0 Å². The zero-order chi connectivity index (χ0) is 32.1. The molecule has 1 aliphatic heterocycles. The molecule has 2 aromatic heterocycles. The second-order valence-electron chi connectivity index (χ2n) is 11.8. The molecule has 0 unspecified atom stereocenters. The number of alkyl halides is 3. The fraction of sp³-hybridized carbons (Fsp3) is 0.344. The summed E-state index contributed by atoms with van der Waals surface area (Å²) >= 11 is 0. The van der Waals surface area contributed by atoms with Gasteiger partial charge in [0.2, 0.25) is 11.8 Å². The Morgan fingerprint density at radius 2 is 1.76 bits per heavy atom. The fourth-order valence-corrected chi connectivity index (χ4v) is 7.07. The lowest BCUT2D eigenvalue weighted by Gasteiger charge is -2.37. The van der Waals surface area contributed by atoms with Gasteiger partial charge in [-0.25, -0.2) is 13.4 Å². The molecule has 1 aliphatic carbocycles. The number of likely N-dealkylation sites (N-methyl/N-ethyl adjacent to an activating group) is 1. The first-order chi connectivity index (χ1) is 21.3. The highest BCUT2D eigenvalue weighted by Crippen LogP contribution is 2.55. The number of carbonyl (C=O) groups is 1. The van der Waals surface area contributed by atoms with Gasteiger partial charge >= 0.3 is 6.18 Å². The van der Waals surface area contributed by atoms with Crippen molar-refractivity contribution in [3.8, 4) is 17.0 Å². The molecule has 1 amide bonds. The van der Waals surface area contributed by atoms with E-state index in [0.717, 1.165) is 77.8 Å². The number of aromatic nitrogens is 2. The number of anilines is 2. The molecule has 1 fully saturated rings. The van der Waals surface area contributed by atoms with Gasteiger partial charge < -0.3 is 14.5 Å². The van der Waals surface area contributed by atoms with Crippen LogP contribution in [-0.2, 0) is 26.4 Å². The van der Waals surface area contributed by atoms with E-state index < -0.39 is 27.2 Å². The molecule has 0 saturated heterocycles. The third-order valence-electron chi connectivity index (χ3n) is 8.52.